The van der Waals surface area contributed by atoms with Crippen LogP contribution < -0.4 is 4.74 Å². The number of rotatable bonds is 5. The molecule has 0 spiro atoms. The second-order valence-electron chi connectivity index (χ2n) is 5.47. The van der Waals surface area contributed by atoms with Crippen LogP contribution in [0.25, 0.3) is 0 Å². The first kappa shape index (κ1) is 14.8. The number of ether oxygens (including phenoxy) is 1. The summed E-state index contributed by atoms with van der Waals surface area (Å²) in [6.07, 6.45) is 7.27. The third kappa shape index (κ3) is 2.94. The van der Waals surface area contributed by atoms with Gasteiger partial charge in [-0.05, 0) is 38.3 Å². The number of pyridine rings is 1. The number of nitrogens with zero attached hydrogens (tertiary/aromatic N) is 2. The molecule has 1 saturated carbocycles. The molecule has 0 unspecified atom stereocenters. The van der Waals surface area contributed by atoms with Crippen LogP contribution in [0.4, 0.5) is 0 Å². The summed E-state index contributed by atoms with van der Waals surface area (Å²) in [5, 5.41) is 0. The zero-order valence-electron chi connectivity index (χ0n) is 12.6. The lowest BCUT2D eigenvalue weighted by atomic mass is 10.1. The maximum absolute atomic E-state index is 12.9. The highest BCUT2D eigenvalue weighted by Crippen LogP contribution is 2.29. The van der Waals surface area contributed by atoms with E-state index < -0.39 is 0 Å². The number of carbonyl (C=O) groups is 1. The van der Waals surface area contributed by atoms with E-state index in [9.17, 15) is 4.79 Å². The molecule has 1 aromatic heterocycles. The van der Waals surface area contributed by atoms with Crippen LogP contribution >= 0.6 is 0 Å². The standard InChI is InChI=1S/C16H24N2O2/c1-4-12(2)18(13-8-5-6-9-13)16(19)14-10-7-11-17-15(14)20-3/h7,10-13H,4-6,8-9H2,1-3H3/t12-/m0/s1. The Labute approximate surface area is 121 Å². The molecule has 0 bridgehead atoms. The van der Waals surface area contributed by atoms with Crippen molar-refractivity contribution in [3.63, 3.8) is 0 Å². The van der Waals surface area contributed by atoms with E-state index in [0.717, 1.165) is 19.3 Å². The second kappa shape index (κ2) is 6.73. The van der Waals surface area contributed by atoms with Crippen molar-refractivity contribution in [1.29, 1.82) is 0 Å². The number of hydrogen-bond acceptors (Lipinski definition) is 3. The van der Waals surface area contributed by atoms with E-state index in [1.54, 1.807) is 25.4 Å². The van der Waals surface area contributed by atoms with Crippen molar-refractivity contribution in [3.8, 4) is 5.88 Å². The van der Waals surface area contributed by atoms with Crippen molar-refractivity contribution in [2.24, 2.45) is 0 Å². The lowest BCUT2D eigenvalue weighted by Gasteiger charge is -2.34. The molecule has 0 saturated heterocycles. The lowest BCUT2D eigenvalue weighted by molar-refractivity contribution is 0.0585. The normalized spacial score (nSPS) is 16.9. The van der Waals surface area contributed by atoms with Gasteiger partial charge in [0.25, 0.3) is 5.91 Å². The Balaban J connectivity index is 2.30. The molecule has 1 amide bonds. The van der Waals surface area contributed by atoms with Crippen LogP contribution in [0.5, 0.6) is 5.88 Å². The fourth-order valence-electron chi connectivity index (χ4n) is 2.96. The van der Waals surface area contributed by atoms with Gasteiger partial charge < -0.3 is 9.64 Å². The summed E-state index contributed by atoms with van der Waals surface area (Å²) in [7, 11) is 1.56. The highest BCUT2D eigenvalue weighted by atomic mass is 16.5. The number of amides is 1. The summed E-state index contributed by atoms with van der Waals surface area (Å²) in [4.78, 5) is 19.1. The van der Waals surface area contributed by atoms with E-state index >= 15 is 0 Å². The minimum absolute atomic E-state index is 0.0520. The molecule has 1 aliphatic carbocycles. The summed E-state index contributed by atoms with van der Waals surface area (Å²) in [6, 6.07) is 4.20. The van der Waals surface area contributed by atoms with E-state index in [0.29, 0.717) is 17.5 Å². The average molecular weight is 276 g/mol. The quantitative estimate of drug-likeness (QED) is 0.829. The van der Waals surface area contributed by atoms with Gasteiger partial charge in [0.1, 0.15) is 5.56 Å². The summed E-state index contributed by atoms with van der Waals surface area (Å²) in [5.41, 5.74) is 0.571. The van der Waals surface area contributed by atoms with Gasteiger partial charge in [-0.25, -0.2) is 4.98 Å². The van der Waals surface area contributed by atoms with Crippen LogP contribution in [0.1, 0.15) is 56.3 Å². The highest BCUT2D eigenvalue weighted by molar-refractivity contribution is 5.96. The molecule has 1 heterocycles. The molecular formula is C16H24N2O2. The van der Waals surface area contributed by atoms with Gasteiger partial charge in [0.15, 0.2) is 0 Å². The first-order valence-corrected chi connectivity index (χ1v) is 7.50. The van der Waals surface area contributed by atoms with E-state index in [1.807, 2.05) is 4.90 Å². The first-order valence-electron chi connectivity index (χ1n) is 7.50. The first-order chi connectivity index (χ1) is 9.69. The van der Waals surface area contributed by atoms with Crippen LogP contribution in [0, 0.1) is 0 Å². The summed E-state index contributed by atoms with van der Waals surface area (Å²) >= 11 is 0. The molecule has 0 aromatic carbocycles. The molecule has 20 heavy (non-hydrogen) atoms. The Morgan fingerprint density at radius 3 is 2.80 bits per heavy atom. The molecule has 1 aromatic rings. The Kier molecular flexibility index (Phi) is 4.99. The minimum Gasteiger partial charge on any atom is -0.480 e. The van der Waals surface area contributed by atoms with Crippen LogP contribution in [-0.2, 0) is 0 Å². The van der Waals surface area contributed by atoms with Crippen molar-refractivity contribution in [1.82, 2.24) is 9.88 Å². The zero-order valence-corrected chi connectivity index (χ0v) is 12.6. The summed E-state index contributed by atoms with van der Waals surface area (Å²) in [5.74, 6) is 0.472. The summed E-state index contributed by atoms with van der Waals surface area (Å²) < 4.78 is 5.23. The van der Waals surface area contributed by atoms with E-state index in [-0.39, 0.29) is 11.9 Å². The summed E-state index contributed by atoms with van der Waals surface area (Å²) in [6.45, 7) is 4.25. The van der Waals surface area contributed by atoms with Crippen LogP contribution in [0.15, 0.2) is 18.3 Å². The molecule has 1 fully saturated rings. The van der Waals surface area contributed by atoms with Gasteiger partial charge >= 0.3 is 0 Å². The third-order valence-electron chi connectivity index (χ3n) is 4.21. The minimum atomic E-state index is 0.0520. The molecular weight excluding hydrogens is 252 g/mol. The maximum atomic E-state index is 12.9. The SMILES string of the molecule is CC[C@H](C)N(C(=O)c1cccnc1OC)C1CCCC1. The predicted molar refractivity (Wildman–Crippen MR) is 79.0 cm³/mol. The Morgan fingerprint density at radius 2 is 2.20 bits per heavy atom. The van der Waals surface area contributed by atoms with Gasteiger partial charge in [-0.15, -0.1) is 0 Å². The van der Waals surface area contributed by atoms with E-state index in [4.69, 9.17) is 4.74 Å². The molecule has 110 valence electrons. The molecule has 1 atom stereocenters. The molecule has 1 aliphatic rings. The fraction of sp³-hybridized carbons (Fsp3) is 0.625. The molecule has 0 radical (unpaired) electrons. The number of carbonyl (C=O) groups excluding carboxylic acids is 1. The van der Waals surface area contributed by atoms with Crippen LogP contribution in [0.2, 0.25) is 0 Å². The fourth-order valence-corrected chi connectivity index (χ4v) is 2.96. The van der Waals surface area contributed by atoms with Crippen molar-refractivity contribution >= 4 is 5.91 Å². The molecule has 2 rings (SSSR count). The number of hydrogen-bond donors (Lipinski definition) is 0. The Bertz CT molecular complexity index is 456. The van der Waals surface area contributed by atoms with E-state index in [2.05, 4.69) is 18.8 Å². The highest BCUT2D eigenvalue weighted by Gasteiger charge is 2.31. The lowest BCUT2D eigenvalue weighted by Crippen LogP contribution is -2.44. The third-order valence-corrected chi connectivity index (χ3v) is 4.21. The van der Waals surface area contributed by atoms with Gasteiger partial charge in [-0.3, -0.25) is 4.79 Å². The monoisotopic (exact) mass is 276 g/mol. The number of aromatic nitrogens is 1. The van der Waals surface area contributed by atoms with Crippen molar-refractivity contribution < 1.29 is 9.53 Å². The predicted octanol–water partition coefficient (Wildman–Crippen LogP) is 3.27. The molecule has 4 heteroatoms. The Hall–Kier alpha value is -1.58. The molecule has 4 nitrogen and oxygen atoms in total. The van der Waals surface area contributed by atoms with Crippen molar-refractivity contribution in [2.75, 3.05) is 7.11 Å². The molecule has 0 aliphatic heterocycles. The van der Waals surface area contributed by atoms with Crippen molar-refractivity contribution in [2.45, 2.75) is 58.0 Å². The second-order valence-corrected chi connectivity index (χ2v) is 5.47. The van der Waals surface area contributed by atoms with E-state index in [1.165, 1.54) is 12.8 Å². The largest absolute Gasteiger partial charge is 0.480 e. The van der Waals surface area contributed by atoms with Gasteiger partial charge in [0.05, 0.1) is 7.11 Å². The van der Waals surface area contributed by atoms with Gasteiger partial charge in [-0.1, -0.05) is 19.8 Å². The Morgan fingerprint density at radius 1 is 1.50 bits per heavy atom. The van der Waals surface area contributed by atoms with Gasteiger partial charge in [0.2, 0.25) is 5.88 Å². The van der Waals surface area contributed by atoms with Crippen molar-refractivity contribution in [3.05, 3.63) is 23.9 Å². The topological polar surface area (TPSA) is 42.4 Å². The molecule has 0 N–H and O–H groups in total. The zero-order chi connectivity index (χ0) is 14.5. The van der Waals surface area contributed by atoms with Crippen LogP contribution in [-0.4, -0.2) is 35.0 Å². The van der Waals surface area contributed by atoms with Gasteiger partial charge in [-0.2, -0.15) is 0 Å². The number of methoxy groups -OCH3 is 1. The van der Waals surface area contributed by atoms with Gasteiger partial charge in [0, 0.05) is 18.3 Å². The maximum Gasteiger partial charge on any atom is 0.259 e. The average Bonchev–Trinajstić information content (AvgIpc) is 3.00. The van der Waals surface area contributed by atoms with Crippen LogP contribution in [0.3, 0.4) is 0 Å². The smallest absolute Gasteiger partial charge is 0.259 e.